The second-order valence-corrected chi connectivity index (χ2v) is 6.90. The van der Waals surface area contributed by atoms with Gasteiger partial charge in [0.1, 0.15) is 22.1 Å². The quantitative estimate of drug-likeness (QED) is 0.487. The third kappa shape index (κ3) is 4.66. The first-order chi connectivity index (χ1) is 13.2. The maximum absolute atomic E-state index is 12.5. The SMILES string of the molecule is COc1cc(OC)cc(C(=O)NNS(=O)(=O)c2cc([N+](=O)[O-])ccc2OC)c1. The van der Waals surface area contributed by atoms with Gasteiger partial charge in [0.15, 0.2) is 0 Å². The molecule has 2 rings (SSSR count). The number of hydrogen-bond donors (Lipinski definition) is 2. The highest BCUT2D eigenvalue weighted by Crippen LogP contribution is 2.28. The monoisotopic (exact) mass is 411 g/mol. The van der Waals surface area contributed by atoms with Gasteiger partial charge in [0.2, 0.25) is 0 Å². The van der Waals surface area contributed by atoms with E-state index in [0.29, 0.717) is 11.5 Å². The molecule has 0 aliphatic rings. The predicted molar refractivity (Wildman–Crippen MR) is 97.0 cm³/mol. The first-order valence-corrected chi connectivity index (χ1v) is 9.07. The molecule has 0 atom stereocenters. The van der Waals surface area contributed by atoms with Crippen LogP contribution in [0.25, 0.3) is 0 Å². The number of carbonyl (C=O) groups excluding carboxylic acids is 1. The molecule has 0 aromatic heterocycles. The number of nitro groups is 1. The van der Waals surface area contributed by atoms with Crippen molar-refractivity contribution in [3.8, 4) is 17.2 Å². The van der Waals surface area contributed by atoms with Crippen LogP contribution in [0.3, 0.4) is 0 Å². The summed E-state index contributed by atoms with van der Waals surface area (Å²) >= 11 is 0. The molecule has 0 saturated heterocycles. The van der Waals surface area contributed by atoms with Gasteiger partial charge in [-0.05, 0) is 18.2 Å². The molecule has 0 radical (unpaired) electrons. The van der Waals surface area contributed by atoms with E-state index >= 15 is 0 Å². The summed E-state index contributed by atoms with van der Waals surface area (Å²) in [5.74, 6) is -0.277. The number of hydrogen-bond acceptors (Lipinski definition) is 8. The normalized spacial score (nSPS) is 10.8. The van der Waals surface area contributed by atoms with Crippen molar-refractivity contribution in [3.63, 3.8) is 0 Å². The molecule has 0 bridgehead atoms. The van der Waals surface area contributed by atoms with E-state index in [1.54, 1.807) is 0 Å². The first-order valence-electron chi connectivity index (χ1n) is 7.59. The van der Waals surface area contributed by atoms with Gasteiger partial charge in [-0.3, -0.25) is 20.3 Å². The minimum absolute atomic E-state index is 0.0601. The Kier molecular flexibility index (Phi) is 6.38. The van der Waals surface area contributed by atoms with E-state index in [9.17, 15) is 23.3 Å². The number of non-ortho nitro benzene ring substituents is 1. The zero-order valence-electron chi connectivity index (χ0n) is 15.1. The molecule has 0 heterocycles. The highest BCUT2D eigenvalue weighted by molar-refractivity contribution is 7.89. The molecule has 1 amide bonds. The summed E-state index contributed by atoms with van der Waals surface area (Å²) < 4.78 is 40.0. The van der Waals surface area contributed by atoms with Crippen molar-refractivity contribution >= 4 is 21.6 Å². The van der Waals surface area contributed by atoms with E-state index in [0.717, 1.165) is 18.2 Å². The lowest BCUT2D eigenvalue weighted by atomic mass is 10.2. The number of methoxy groups -OCH3 is 3. The standard InChI is InChI=1S/C16H17N3O8S/c1-25-12-6-10(7-13(9-12)26-2)16(20)17-18-28(23,24)15-8-11(19(21)22)4-5-14(15)27-3/h4-9,18H,1-3H3,(H,17,20). The average molecular weight is 411 g/mol. The summed E-state index contributed by atoms with van der Waals surface area (Å²) in [5.41, 5.74) is 1.63. The minimum atomic E-state index is -4.37. The van der Waals surface area contributed by atoms with Crippen LogP contribution in [-0.2, 0) is 10.0 Å². The molecule has 0 fully saturated rings. The number of nitrogens with one attached hydrogen (secondary N) is 2. The van der Waals surface area contributed by atoms with E-state index < -0.39 is 31.4 Å². The molecule has 0 saturated carbocycles. The summed E-state index contributed by atoms with van der Waals surface area (Å²) in [6.07, 6.45) is 0. The van der Waals surface area contributed by atoms with Gasteiger partial charge in [0, 0.05) is 23.8 Å². The largest absolute Gasteiger partial charge is 0.497 e. The molecule has 28 heavy (non-hydrogen) atoms. The van der Waals surface area contributed by atoms with Crippen LogP contribution >= 0.6 is 0 Å². The van der Waals surface area contributed by atoms with Crippen molar-refractivity contribution in [3.05, 3.63) is 52.1 Å². The number of nitro benzene ring substituents is 1. The fourth-order valence-corrected chi connectivity index (χ4v) is 3.20. The molecule has 2 N–H and O–H groups in total. The zero-order valence-corrected chi connectivity index (χ0v) is 15.9. The molecule has 0 aliphatic heterocycles. The Morgan fingerprint density at radius 1 is 1.00 bits per heavy atom. The van der Waals surface area contributed by atoms with E-state index in [4.69, 9.17) is 14.2 Å². The lowest BCUT2D eigenvalue weighted by molar-refractivity contribution is -0.385. The van der Waals surface area contributed by atoms with Crippen molar-refractivity contribution in [1.82, 2.24) is 10.3 Å². The van der Waals surface area contributed by atoms with Crippen LogP contribution in [0, 0.1) is 10.1 Å². The molecule has 12 heteroatoms. The topological polar surface area (TPSA) is 146 Å². The summed E-state index contributed by atoms with van der Waals surface area (Å²) in [6.45, 7) is 0. The van der Waals surface area contributed by atoms with Crippen LogP contribution in [0.15, 0.2) is 41.3 Å². The van der Waals surface area contributed by atoms with Crippen molar-refractivity contribution < 1.29 is 32.3 Å². The molecule has 2 aromatic carbocycles. The highest BCUT2D eigenvalue weighted by Gasteiger charge is 2.24. The van der Waals surface area contributed by atoms with Crippen molar-refractivity contribution in [2.24, 2.45) is 0 Å². The van der Waals surface area contributed by atoms with Crippen LogP contribution in [0.2, 0.25) is 0 Å². The third-order valence-electron chi connectivity index (χ3n) is 3.56. The lowest BCUT2D eigenvalue weighted by Gasteiger charge is -2.12. The van der Waals surface area contributed by atoms with Crippen LogP contribution in [0.1, 0.15) is 10.4 Å². The lowest BCUT2D eigenvalue weighted by Crippen LogP contribution is -2.41. The van der Waals surface area contributed by atoms with Crippen LogP contribution in [-0.4, -0.2) is 40.6 Å². The Labute approximate surface area is 160 Å². The molecule has 11 nitrogen and oxygen atoms in total. The van der Waals surface area contributed by atoms with Gasteiger partial charge in [-0.2, -0.15) is 0 Å². The zero-order chi connectivity index (χ0) is 20.9. The number of sulfonamides is 1. The predicted octanol–water partition coefficient (Wildman–Crippen LogP) is 1.24. The maximum atomic E-state index is 12.5. The maximum Gasteiger partial charge on any atom is 0.271 e. The number of nitrogens with zero attached hydrogens (tertiary/aromatic N) is 1. The molecule has 150 valence electrons. The molecular weight excluding hydrogens is 394 g/mol. The Balaban J connectivity index is 2.27. The van der Waals surface area contributed by atoms with Gasteiger partial charge >= 0.3 is 0 Å². The van der Waals surface area contributed by atoms with Crippen LogP contribution < -0.4 is 24.5 Å². The number of carbonyl (C=O) groups is 1. The summed E-state index contributed by atoms with van der Waals surface area (Å²) in [7, 11) is -0.365. The van der Waals surface area contributed by atoms with E-state index in [1.165, 1.54) is 39.5 Å². The van der Waals surface area contributed by atoms with Crippen molar-refractivity contribution in [2.75, 3.05) is 21.3 Å². The number of hydrazine groups is 1. The van der Waals surface area contributed by atoms with Gasteiger partial charge in [0.05, 0.1) is 26.3 Å². The fourth-order valence-electron chi connectivity index (χ4n) is 2.17. The molecular formula is C16H17N3O8S. The van der Waals surface area contributed by atoms with Crippen molar-refractivity contribution in [2.45, 2.75) is 4.90 Å². The summed E-state index contributed by atoms with van der Waals surface area (Å²) in [5, 5.41) is 10.9. The highest BCUT2D eigenvalue weighted by atomic mass is 32.2. The molecule has 0 spiro atoms. The van der Waals surface area contributed by atoms with Crippen LogP contribution in [0.5, 0.6) is 17.2 Å². The number of benzene rings is 2. The number of ether oxygens (including phenoxy) is 3. The third-order valence-corrected chi connectivity index (χ3v) is 4.83. The van der Waals surface area contributed by atoms with E-state index in [-0.39, 0.29) is 11.3 Å². The van der Waals surface area contributed by atoms with Gasteiger partial charge in [0.25, 0.3) is 21.6 Å². The Morgan fingerprint density at radius 3 is 2.11 bits per heavy atom. The van der Waals surface area contributed by atoms with Crippen LogP contribution in [0.4, 0.5) is 5.69 Å². The van der Waals surface area contributed by atoms with Gasteiger partial charge in [-0.15, -0.1) is 4.83 Å². The summed E-state index contributed by atoms with van der Waals surface area (Å²) in [4.78, 5) is 23.8. The van der Waals surface area contributed by atoms with Crippen molar-refractivity contribution in [1.29, 1.82) is 0 Å². The average Bonchev–Trinajstić information content (AvgIpc) is 2.70. The van der Waals surface area contributed by atoms with Gasteiger partial charge in [-0.25, -0.2) is 8.42 Å². The number of rotatable bonds is 8. The fraction of sp³-hybridized carbons (Fsp3) is 0.188. The molecule has 0 aliphatic carbocycles. The second kappa shape index (κ2) is 8.54. The van der Waals surface area contributed by atoms with Gasteiger partial charge in [-0.1, -0.05) is 0 Å². The molecule has 2 aromatic rings. The smallest absolute Gasteiger partial charge is 0.271 e. The summed E-state index contributed by atoms with van der Waals surface area (Å²) in [6, 6.07) is 7.34. The first kappa shape index (κ1) is 20.9. The van der Waals surface area contributed by atoms with Gasteiger partial charge < -0.3 is 14.2 Å². The Bertz CT molecular complexity index is 985. The van der Waals surface area contributed by atoms with E-state index in [1.807, 2.05) is 10.3 Å². The Hall–Kier alpha value is -3.38. The number of amides is 1. The van der Waals surface area contributed by atoms with E-state index in [2.05, 4.69) is 0 Å². The minimum Gasteiger partial charge on any atom is -0.497 e. The second-order valence-electron chi connectivity index (χ2n) is 5.25. The Morgan fingerprint density at radius 2 is 1.61 bits per heavy atom. The molecule has 0 unspecified atom stereocenters.